The molecule has 3 aromatic rings. The Hall–Kier alpha value is -4.63. The maximum absolute atomic E-state index is 13.1. The first-order chi connectivity index (χ1) is 19.8. The highest BCUT2D eigenvalue weighted by Crippen LogP contribution is 2.25. The minimum atomic E-state index is -5.08. The highest BCUT2D eigenvalue weighted by molar-refractivity contribution is 6.30. The summed E-state index contributed by atoms with van der Waals surface area (Å²) in [6.45, 7) is 2.05. The van der Waals surface area contributed by atoms with E-state index in [9.17, 15) is 22.8 Å². The maximum Gasteiger partial charge on any atom is 0.490 e. The first kappa shape index (κ1) is 33.6. The number of nitrogens with zero attached hydrogens (tertiary/aromatic N) is 2. The molecule has 0 saturated heterocycles. The smallest absolute Gasteiger partial charge is 0.475 e. The number of carbonyl (C=O) groups excluding carboxylic acids is 1. The van der Waals surface area contributed by atoms with Gasteiger partial charge in [0.05, 0.1) is 12.3 Å². The Bertz CT molecular complexity index is 1370. The van der Waals surface area contributed by atoms with Crippen molar-refractivity contribution < 1.29 is 32.7 Å². The summed E-state index contributed by atoms with van der Waals surface area (Å²) in [6.07, 6.45) is -5.08. The van der Waals surface area contributed by atoms with Crippen LogP contribution in [0.1, 0.15) is 22.7 Å². The Labute approximate surface area is 243 Å². The van der Waals surface area contributed by atoms with Crippen LogP contribution in [0.4, 0.5) is 19.0 Å². The number of benzene rings is 2. The first-order valence-electron chi connectivity index (χ1n) is 12.2. The van der Waals surface area contributed by atoms with Gasteiger partial charge in [-0.25, -0.2) is 15.3 Å². The van der Waals surface area contributed by atoms with E-state index in [2.05, 4.69) is 21.1 Å². The van der Waals surface area contributed by atoms with E-state index in [1.54, 1.807) is 6.92 Å². The Balaban J connectivity index is 0.000000782. The van der Waals surface area contributed by atoms with Crippen molar-refractivity contribution in [3.05, 3.63) is 93.0 Å². The number of anilines is 1. The molecule has 1 amide bonds. The van der Waals surface area contributed by atoms with Gasteiger partial charge in [-0.2, -0.15) is 13.2 Å². The minimum Gasteiger partial charge on any atom is -0.475 e. The SMILES string of the molecule is Cc1c(Cl)nc(NCC(c2ccccc2)c2ccccc2)c(=O)n1CC(=O)NCCONC(=N)N.O=C(O)C(F)(F)F. The molecule has 0 aliphatic heterocycles. The van der Waals surface area contributed by atoms with E-state index in [1.165, 1.54) is 4.57 Å². The van der Waals surface area contributed by atoms with Crippen molar-refractivity contribution in [2.24, 2.45) is 5.73 Å². The number of hydrogen-bond donors (Lipinski definition) is 6. The van der Waals surface area contributed by atoms with Crippen molar-refractivity contribution in [3.8, 4) is 0 Å². The largest absolute Gasteiger partial charge is 0.490 e. The van der Waals surface area contributed by atoms with Crippen LogP contribution in [0.25, 0.3) is 0 Å². The predicted octanol–water partition coefficient (Wildman–Crippen LogP) is 2.61. The standard InChI is InChI=1S/C24H28ClN7O3.C2HF3O2/c1-16-21(25)30-22(23(34)32(16)15-20(33)28-12-13-35-31-24(26)27)29-14-19(17-8-4-2-5-9-17)18-10-6-3-7-11-18;3-2(4,5)1(6)7/h2-11,19H,12-15H2,1H3,(H,28,33)(H,29,30)(H4,26,27,31);(H,6,7). The molecule has 0 aliphatic rings. The molecule has 0 fully saturated rings. The van der Waals surface area contributed by atoms with Crippen molar-refractivity contribution in [1.29, 1.82) is 5.41 Å². The summed E-state index contributed by atoms with van der Waals surface area (Å²) < 4.78 is 33.0. The summed E-state index contributed by atoms with van der Waals surface area (Å²) in [4.78, 5) is 43.5. The van der Waals surface area contributed by atoms with E-state index in [-0.39, 0.29) is 42.5 Å². The average Bonchev–Trinajstić information content (AvgIpc) is 2.94. The van der Waals surface area contributed by atoms with Crippen LogP contribution in [-0.4, -0.2) is 58.4 Å². The number of aliphatic carboxylic acids is 1. The number of carboxylic acids is 1. The van der Waals surface area contributed by atoms with Gasteiger partial charge in [-0.3, -0.25) is 24.4 Å². The molecule has 42 heavy (non-hydrogen) atoms. The number of nitrogens with one attached hydrogen (secondary N) is 4. The molecule has 2 aromatic carbocycles. The molecule has 0 atom stereocenters. The lowest BCUT2D eigenvalue weighted by Crippen LogP contribution is -2.38. The third-order valence-electron chi connectivity index (χ3n) is 5.49. The van der Waals surface area contributed by atoms with Gasteiger partial charge in [-0.05, 0) is 18.1 Å². The van der Waals surface area contributed by atoms with Crippen molar-refractivity contribution in [2.45, 2.75) is 25.6 Å². The second kappa shape index (κ2) is 16.0. The molecule has 12 nitrogen and oxygen atoms in total. The number of rotatable bonds is 11. The molecule has 1 aromatic heterocycles. The lowest BCUT2D eigenvalue weighted by molar-refractivity contribution is -0.192. The second-order valence-corrected chi connectivity index (χ2v) is 8.86. The van der Waals surface area contributed by atoms with Crippen LogP contribution >= 0.6 is 11.6 Å². The van der Waals surface area contributed by atoms with E-state index in [0.717, 1.165) is 11.1 Å². The normalized spacial score (nSPS) is 10.8. The second-order valence-electron chi connectivity index (χ2n) is 8.50. The molecule has 0 saturated carbocycles. The van der Waals surface area contributed by atoms with Crippen LogP contribution in [0, 0.1) is 12.3 Å². The zero-order valence-electron chi connectivity index (χ0n) is 22.2. The van der Waals surface area contributed by atoms with Gasteiger partial charge >= 0.3 is 12.1 Å². The molecule has 0 unspecified atom stereocenters. The summed E-state index contributed by atoms with van der Waals surface area (Å²) in [5.74, 6) is -3.46. The number of carboxylic acid groups (broad SMARTS) is 1. The Morgan fingerprint density at radius 3 is 2.12 bits per heavy atom. The number of hydroxylamine groups is 1. The van der Waals surface area contributed by atoms with Gasteiger partial charge in [0.2, 0.25) is 11.9 Å². The molecular weight excluding hydrogens is 583 g/mol. The van der Waals surface area contributed by atoms with Crippen LogP contribution < -0.4 is 27.4 Å². The molecular formula is C26H29ClF3N7O5. The van der Waals surface area contributed by atoms with Crippen molar-refractivity contribution >= 4 is 35.3 Å². The van der Waals surface area contributed by atoms with Crippen LogP contribution in [0.3, 0.4) is 0 Å². The first-order valence-corrected chi connectivity index (χ1v) is 12.6. The molecule has 0 radical (unpaired) electrons. The van der Waals surface area contributed by atoms with Gasteiger partial charge in [-0.1, -0.05) is 72.3 Å². The van der Waals surface area contributed by atoms with E-state index in [1.807, 2.05) is 60.7 Å². The molecule has 3 rings (SSSR count). The third-order valence-corrected chi connectivity index (χ3v) is 5.85. The van der Waals surface area contributed by atoms with Crippen LogP contribution in [-0.2, 0) is 21.0 Å². The highest BCUT2D eigenvalue weighted by atomic mass is 35.5. The summed E-state index contributed by atoms with van der Waals surface area (Å²) in [7, 11) is 0. The number of hydrogen-bond acceptors (Lipinski definition) is 7. The number of alkyl halides is 3. The van der Waals surface area contributed by atoms with Crippen molar-refractivity contribution in [3.63, 3.8) is 0 Å². The zero-order chi connectivity index (χ0) is 31.3. The third kappa shape index (κ3) is 10.7. The Morgan fingerprint density at radius 2 is 1.64 bits per heavy atom. The van der Waals surface area contributed by atoms with Gasteiger partial charge in [0, 0.05) is 19.0 Å². The molecule has 16 heteroatoms. The maximum atomic E-state index is 13.1. The number of aromatic nitrogens is 2. The van der Waals surface area contributed by atoms with Gasteiger partial charge in [-0.15, -0.1) is 0 Å². The number of carbonyl (C=O) groups is 2. The van der Waals surface area contributed by atoms with Gasteiger partial charge in [0.1, 0.15) is 6.54 Å². The van der Waals surface area contributed by atoms with Crippen LogP contribution in [0.15, 0.2) is 65.5 Å². The van der Waals surface area contributed by atoms with Gasteiger partial charge < -0.3 is 21.5 Å². The fourth-order valence-corrected chi connectivity index (χ4v) is 3.68. The molecule has 226 valence electrons. The predicted molar refractivity (Wildman–Crippen MR) is 149 cm³/mol. The zero-order valence-corrected chi connectivity index (χ0v) is 23.0. The summed E-state index contributed by atoms with van der Waals surface area (Å²) in [5, 5.41) is 20.0. The number of halogens is 4. The monoisotopic (exact) mass is 611 g/mol. The average molecular weight is 612 g/mol. The summed E-state index contributed by atoms with van der Waals surface area (Å²) >= 11 is 6.30. The number of nitrogens with two attached hydrogens (primary N) is 1. The van der Waals surface area contributed by atoms with E-state index in [4.69, 9.17) is 37.5 Å². The van der Waals surface area contributed by atoms with E-state index < -0.39 is 23.6 Å². The molecule has 1 heterocycles. The number of amides is 1. The van der Waals surface area contributed by atoms with Crippen molar-refractivity contribution in [2.75, 3.05) is 25.0 Å². The lowest BCUT2D eigenvalue weighted by Gasteiger charge is -2.20. The molecule has 0 bridgehead atoms. The number of guanidine groups is 1. The topological polar surface area (TPSA) is 184 Å². The molecule has 0 spiro atoms. The fraction of sp³-hybridized carbons (Fsp3) is 0.269. The Morgan fingerprint density at radius 1 is 1.12 bits per heavy atom. The molecule has 0 aliphatic carbocycles. The highest BCUT2D eigenvalue weighted by Gasteiger charge is 2.38. The van der Waals surface area contributed by atoms with Crippen LogP contribution in [0.2, 0.25) is 5.15 Å². The van der Waals surface area contributed by atoms with Gasteiger partial charge in [0.15, 0.2) is 11.0 Å². The summed E-state index contributed by atoms with van der Waals surface area (Å²) in [6, 6.07) is 19.9. The fourth-order valence-electron chi connectivity index (χ4n) is 3.49. The van der Waals surface area contributed by atoms with Crippen molar-refractivity contribution in [1.82, 2.24) is 20.3 Å². The quantitative estimate of drug-likeness (QED) is 0.0821. The van der Waals surface area contributed by atoms with E-state index >= 15 is 0 Å². The minimum absolute atomic E-state index is 0.0287. The lowest BCUT2D eigenvalue weighted by atomic mass is 9.91. The Kier molecular flexibility index (Phi) is 12.8. The van der Waals surface area contributed by atoms with Gasteiger partial charge in [0.25, 0.3) is 5.56 Å². The summed E-state index contributed by atoms with van der Waals surface area (Å²) in [5.41, 5.74) is 9.39. The van der Waals surface area contributed by atoms with E-state index in [0.29, 0.717) is 12.2 Å². The van der Waals surface area contributed by atoms with Crippen LogP contribution in [0.5, 0.6) is 0 Å². The molecule has 7 N–H and O–H groups in total.